The molecule has 7 heteroatoms. The fraction of sp³-hybridized carbons (Fsp3) is 0.692. The molecule has 1 aliphatic rings. The number of aliphatic hydroxyl groups excluding tert-OH is 1. The van der Waals surface area contributed by atoms with Crippen molar-refractivity contribution in [1.29, 1.82) is 0 Å². The van der Waals surface area contributed by atoms with Crippen LogP contribution in [0.1, 0.15) is 20.8 Å². The number of likely N-dealkylation sites (tertiary alicyclic amines) is 1. The summed E-state index contributed by atoms with van der Waals surface area (Å²) in [5.41, 5.74) is -0.601. The lowest BCUT2D eigenvalue weighted by Crippen LogP contribution is -2.43. The molecule has 0 radical (unpaired) electrons. The van der Waals surface area contributed by atoms with Gasteiger partial charge in [-0.2, -0.15) is 0 Å². The van der Waals surface area contributed by atoms with E-state index in [4.69, 9.17) is 9.47 Å². The molecular weight excluding hydrogens is 264 g/mol. The molecule has 20 heavy (non-hydrogen) atoms. The minimum Gasteiger partial charge on any atom is -0.445 e. The van der Waals surface area contributed by atoms with E-state index < -0.39 is 29.9 Å². The average molecular weight is 286 g/mol. The van der Waals surface area contributed by atoms with E-state index in [1.165, 1.54) is 11.0 Å². The van der Waals surface area contributed by atoms with Crippen LogP contribution in [0.5, 0.6) is 0 Å². The van der Waals surface area contributed by atoms with E-state index in [0.717, 1.165) is 0 Å². The number of nitrogens with zero attached hydrogens (tertiary/aromatic N) is 1. The summed E-state index contributed by atoms with van der Waals surface area (Å²) < 4.78 is 9.97. The average Bonchev–Trinajstić information content (AvgIpc) is 2.66. The van der Waals surface area contributed by atoms with Crippen molar-refractivity contribution >= 4 is 12.2 Å². The van der Waals surface area contributed by atoms with Gasteiger partial charge in [-0.1, -0.05) is 12.7 Å². The van der Waals surface area contributed by atoms with E-state index in [2.05, 4.69) is 11.9 Å². The van der Waals surface area contributed by atoms with Crippen molar-refractivity contribution in [3.05, 3.63) is 12.7 Å². The van der Waals surface area contributed by atoms with Gasteiger partial charge < -0.3 is 24.8 Å². The predicted octanol–water partition coefficient (Wildman–Crippen LogP) is 0.879. The summed E-state index contributed by atoms with van der Waals surface area (Å²) in [7, 11) is 0. The lowest BCUT2D eigenvalue weighted by Gasteiger charge is -2.24. The monoisotopic (exact) mass is 286 g/mol. The van der Waals surface area contributed by atoms with Crippen molar-refractivity contribution < 1.29 is 24.2 Å². The number of hydrogen-bond acceptors (Lipinski definition) is 5. The molecule has 1 heterocycles. The highest BCUT2D eigenvalue weighted by Crippen LogP contribution is 2.15. The van der Waals surface area contributed by atoms with Crippen LogP contribution >= 0.6 is 0 Å². The van der Waals surface area contributed by atoms with Crippen LogP contribution in [-0.2, 0) is 9.47 Å². The summed E-state index contributed by atoms with van der Waals surface area (Å²) in [5.74, 6) is 0. The second-order valence-electron chi connectivity index (χ2n) is 5.59. The zero-order valence-corrected chi connectivity index (χ0v) is 12.1. The Labute approximate surface area is 118 Å². The third-order valence-electron chi connectivity index (χ3n) is 2.58. The maximum Gasteiger partial charge on any atom is 0.410 e. The van der Waals surface area contributed by atoms with Crippen molar-refractivity contribution in [1.82, 2.24) is 10.2 Å². The molecule has 2 amide bonds. The molecule has 0 aromatic rings. The first-order chi connectivity index (χ1) is 9.23. The van der Waals surface area contributed by atoms with Crippen LogP contribution in [0.25, 0.3) is 0 Å². The third kappa shape index (κ3) is 5.08. The Balaban J connectivity index is 2.48. The molecule has 1 rings (SSSR count). The second-order valence-corrected chi connectivity index (χ2v) is 5.59. The quantitative estimate of drug-likeness (QED) is 0.752. The minimum atomic E-state index is -0.848. The first-order valence-electron chi connectivity index (χ1n) is 6.43. The standard InChI is InChI=1S/C13H22N2O5/c1-5-6-19-11(17)14-9-7-15(8-10(9)16)12(18)20-13(2,3)4/h5,9-10,16H,1,6-8H2,2-4H3,(H,14,17)/t9-,10-/m1/s1. The first kappa shape index (κ1) is 16.3. The number of hydrogen-bond donors (Lipinski definition) is 2. The van der Waals surface area contributed by atoms with Crippen LogP contribution in [0, 0.1) is 0 Å². The van der Waals surface area contributed by atoms with Crippen LogP contribution in [0.15, 0.2) is 12.7 Å². The van der Waals surface area contributed by atoms with E-state index >= 15 is 0 Å². The van der Waals surface area contributed by atoms with Gasteiger partial charge in [0.05, 0.1) is 18.7 Å². The van der Waals surface area contributed by atoms with Crippen LogP contribution in [0.2, 0.25) is 0 Å². The lowest BCUT2D eigenvalue weighted by molar-refractivity contribution is 0.0269. The number of carbonyl (C=O) groups is 2. The summed E-state index contributed by atoms with van der Waals surface area (Å²) in [6, 6.07) is -0.570. The number of amides is 2. The summed E-state index contributed by atoms with van der Waals surface area (Å²) in [4.78, 5) is 24.6. The number of β-amino-alcohol motifs (C(OH)–C–C–N with tert-alkyl or cyclic N) is 1. The third-order valence-corrected chi connectivity index (χ3v) is 2.58. The van der Waals surface area contributed by atoms with Gasteiger partial charge >= 0.3 is 12.2 Å². The molecule has 2 N–H and O–H groups in total. The van der Waals surface area contributed by atoms with E-state index in [9.17, 15) is 14.7 Å². The number of alkyl carbamates (subject to hydrolysis) is 1. The Hall–Kier alpha value is -1.76. The molecule has 0 bridgehead atoms. The molecule has 7 nitrogen and oxygen atoms in total. The minimum absolute atomic E-state index is 0.0877. The summed E-state index contributed by atoms with van der Waals surface area (Å²) in [6.45, 7) is 9.10. The van der Waals surface area contributed by atoms with Gasteiger partial charge in [0.25, 0.3) is 0 Å². The molecule has 1 aliphatic heterocycles. The van der Waals surface area contributed by atoms with Crippen LogP contribution in [-0.4, -0.2) is 59.6 Å². The molecule has 1 fully saturated rings. The SMILES string of the molecule is C=CCOC(=O)N[C@@H]1CN(C(=O)OC(C)(C)C)C[C@H]1O. The Morgan fingerprint density at radius 1 is 1.45 bits per heavy atom. The highest BCUT2D eigenvalue weighted by molar-refractivity contribution is 5.70. The first-order valence-corrected chi connectivity index (χ1v) is 6.43. The fourth-order valence-electron chi connectivity index (χ4n) is 1.73. The second kappa shape index (κ2) is 6.60. The van der Waals surface area contributed by atoms with Gasteiger partial charge in [-0.15, -0.1) is 0 Å². The van der Waals surface area contributed by atoms with Gasteiger partial charge in [0.15, 0.2) is 0 Å². The molecule has 0 spiro atoms. The predicted molar refractivity (Wildman–Crippen MR) is 72.3 cm³/mol. The van der Waals surface area contributed by atoms with Crippen molar-refractivity contribution in [3.63, 3.8) is 0 Å². The highest BCUT2D eigenvalue weighted by atomic mass is 16.6. The number of ether oxygens (including phenoxy) is 2. The van der Waals surface area contributed by atoms with E-state index in [-0.39, 0.29) is 19.7 Å². The molecule has 114 valence electrons. The number of aliphatic hydroxyl groups is 1. The molecule has 0 aliphatic carbocycles. The highest BCUT2D eigenvalue weighted by Gasteiger charge is 2.37. The topological polar surface area (TPSA) is 88.1 Å². The van der Waals surface area contributed by atoms with Gasteiger partial charge in [0.2, 0.25) is 0 Å². The Kier molecular flexibility index (Phi) is 5.38. The molecular formula is C13H22N2O5. The van der Waals surface area contributed by atoms with Gasteiger partial charge in [0, 0.05) is 6.54 Å². The molecule has 0 aromatic heterocycles. The maximum atomic E-state index is 11.8. The molecule has 0 unspecified atom stereocenters. The molecule has 0 aromatic carbocycles. The van der Waals surface area contributed by atoms with Gasteiger partial charge in [-0.3, -0.25) is 0 Å². The largest absolute Gasteiger partial charge is 0.445 e. The maximum absolute atomic E-state index is 11.8. The van der Waals surface area contributed by atoms with Crippen molar-refractivity contribution in [2.45, 2.75) is 38.5 Å². The zero-order chi connectivity index (χ0) is 15.3. The van der Waals surface area contributed by atoms with Crippen LogP contribution < -0.4 is 5.32 Å². The molecule has 1 saturated heterocycles. The van der Waals surface area contributed by atoms with Gasteiger partial charge in [0.1, 0.15) is 12.2 Å². The Morgan fingerprint density at radius 2 is 2.10 bits per heavy atom. The number of carbonyl (C=O) groups excluding carboxylic acids is 2. The summed E-state index contributed by atoms with van der Waals surface area (Å²) in [5, 5.41) is 12.3. The fourth-order valence-corrected chi connectivity index (χ4v) is 1.73. The molecule has 2 atom stereocenters. The van der Waals surface area contributed by atoms with Crippen molar-refractivity contribution in [2.24, 2.45) is 0 Å². The summed E-state index contributed by atoms with van der Waals surface area (Å²) in [6.07, 6.45) is -0.573. The Morgan fingerprint density at radius 3 is 2.65 bits per heavy atom. The normalized spacial score (nSPS) is 22.3. The van der Waals surface area contributed by atoms with Crippen LogP contribution in [0.3, 0.4) is 0 Å². The van der Waals surface area contributed by atoms with E-state index in [0.29, 0.717) is 0 Å². The van der Waals surface area contributed by atoms with E-state index in [1.54, 1.807) is 20.8 Å². The number of rotatable bonds is 3. The van der Waals surface area contributed by atoms with Gasteiger partial charge in [-0.05, 0) is 20.8 Å². The summed E-state index contributed by atoms with van der Waals surface area (Å²) >= 11 is 0. The number of nitrogens with one attached hydrogen (secondary N) is 1. The van der Waals surface area contributed by atoms with Crippen LogP contribution in [0.4, 0.5) is 9.59 Å². The van der Waals surface area contributed by atoms with Crippen molar-refractivity contribution in [3.8, 4) is 0 Å². The zero-order valence-electron chi connectivity index (χ0n) is 12.1. The van der Waals surface area contributed by atoms with Gasteiger partial charge in [-0.25, -0.2) is 9.59 Å². The smallest absolute Gasteiger partial charge is 0.410 e. The lowest BCUT2D eigenvalue weighted by atomic mass is 10.2. The van der Waals surface area contributed by atoms with E-state index in [1.807, 2.05) is 0 Å². The Bertz CT molecular complexity index is 377. The molecule has 0 saturated carbocycles. The van der Waals surface area contributed by atoms with Crippen molar-refractivity contribution in [2.75, 3.05) is 19.7 Å².